The molecule has 0 saturated heterocycles. The van der Waals surface area contributed by atoms with Gasteiger partial charge < -0.3 is 4.98 Å². The van der Waals surface area contributed by atoms with Crippen molar-refractivity contribution < 1.29 is 4.79 Å². The van der Waals surface area contributed by atoms with Gasteiger partial charge in [0, 0.05) is 33.2 Å². The SMILES string of the molecule is O=C(c1cccc(Cl)c1)c1c[nH]c2cccc(Cl)c12. The first-order chi connectivity index (χ1) is 9.16. The van der Waals surface area contributed by atoms with Crippen LogP contribution in [0.4, 0.5) is 0 Å². The van der Waals surface area contributed by atoms with Crippen LogP contribution in [0.3, 0.4) is 0 Å². The summed E-state index contributed by atoms with van der Waals surface area (Å²) in [6, 6.07) is 12.4. The molecule has 2 aromatic carbocycles. The van der Waals surface area contributed by atoms with Gasteiger partial charge in [-0.2, -0.15) is 0 Å². The smallest absolute Gasteiger partial charge is 0.195 e. The fourth-order valence-electron chi connectivity index (χ4n) is 2.10. The Morgan fingerprint density at radius 2 is 1.84 bits per heavy atom. The van der Waals surface area contributed by atoms with E-state index < -0.39 is 0 Å². The zero-order chi connectivity index (χ0) is 13.4. The van der Waals surface area contributed by atoms with E-state index >= 15 is 0 Å². The molecule has 1 aromatic heterocycles. The maximum Gasteiger partial charge on any atom is 0.195 e. The highest BCUT2D eigenvalue weighted by Gasteiger charge is 2.16. The van der Waals surface area contributed by atoms with Gasteiger partial charge in [0.25, 0.3) is 0 Å². The monoisotopic (exact) mass is 289 g/mol. The Balaban J connectivity index is 2.17. The highest BCUT2D eigenvalue weighted by atomic mass is 35.5. The summed E-state index contributed by atoms with van der Waals surface area (Å²) >= 11 is 12.1. The molecule has 1 heterocycles. The molecule has 0 radical (unpaired) electrons. The fourth-order valence-corrected chi connectivity index (χ4v) is 2.57. The minimum atomic E-state index is -0.0955. The summed E-state index contributed by atoms with van der Waals surface area (Å²) in [7, 11) is 0. The number of carbonyl (C=O) groups excluding carboxylic acids is 1. The van der Waals surface area contributed by atoms with Crippen LogP contribution in [-0.2, 0) is 0 Å². The Morgan fingerprint density at radius 3 is 2.63 bits per heavy atom. The number of hydrogen-bond acceptors (Lipinski definition) is 1. The number of aromatic nitrogens is 1. The number of H-pyrrole nitrogens is 1. The molecule has 0 aliphatic heterocycles. The number of benzene rings is 2. The van der Waals surface area contributed by atoms with Crippen molar-refractivity contribution in [3.63, 3.8) is 0 Å². The summed E-state index contributed by atoms with van der Waals surface area (Å²) in [5.41, 5.74) is 1.95. The van der Waals surface area contributed by atoms with E-state index in [1.54, 1.807) is 36.5 Å². The van der Waals surface area contributed by atoms with Crippen LogP contribution in [0.15, 0.2) is 48.7 Å². The van der Waals surface area contributed by atoms with Crippen LogP contribution in [0, 0.1) is 0 Å². The molecule has 19 heavy (non-hydrogen) atoms. The van der Waals surface area contributed by atoms with Gasteiger partial charge in [-0.05, 0) is 24.3 Å². The first kappa shape index (κ1) is 12.3. The number of aromatic amines is 1. The lowest BCUT2D eigenvalue weighted by Gasteiger charge is -2.01. The van der Waals surface area contributed by atoms with Crippen molar-refractivity contribution in [2.45, 2.75) is 0 Å². The standard InChI is InChI=1S/C15H9Cl2NO/c16-10-4-1-3-9(7-10)15(19)11-8-18-13-6-2-5-12(17)14(11)13/h1-8,18H. The van der Waals surface area contributed by atoms with Crippen LogP contribution >= 0.6 is 23.2 Å². The van der Waals surface area contributed by atoms with E-state index in [1.807, 2.05) is 12.1 Å². The molecule has 4 heteroatoms. The van der Waals surface area contributed by atoms with Gasteiger partial charge in [-0.1, -0.05) is 41.4 Å². The predicted octanol–water partition coefficient (Wildman–Crippen LogP) is 4.71. The molecule has 2 nitrogen and oxygen atoms in total. The lowest BCUT2D eigenvalue weighted by atomic mass is 10.0. The molecule has 0 bridgehead atoms. The van der Waals surface area contributed by atoms with Crippen molar-refractivity contribution in [3.8, 4) is 0 Å². The Hall–Kier alpha value is -1.77. The van der Waals surface area contributed by atoms with Gasteiger partial charge in [-0.25, -0.2) is 0 Å². The van der Waals surface area contributed by atoms with Gasteiger partial charge in [-0.15, -0.1) is 0 Å². The Labute approximate surface area is 120 Å². The number of halogens is 2. The Bertz CT molecular complexity index is 777. The lowest BCUT2D eigenvalue weighted by molar-refractivity contribution is 0.104. The summed E-state index contributed by atoms with van der Waals surface area (Å²) in [6.07, 6.45) is 1.68. The lowest BCUT2D eigenvalue weighted by Crippen LogP contribution is -2.00. The molecule has 0 atom stereocenters. The van der Waals surface area contributed by atoms with Crippen molar-refractivity contribution in [2.24, 2.45) is 0 Å². The summed E-state index contributed by atoms with van der Waals surface area (Å²) in [5, 5.41) is 1.84. The summed E-state index contributed by atoms with van der Waals surface area (Å²) < 4.78 is 0. The van der Waals surface area contributed by atoms with Crippen molar-refractivity contribution in [3.05, 3.63) is 69.8 Å². The van der Waals surface area contributed by atoms with E-state index in [0.29, 0.717) is 21.2 Å². The third-order valence-corrected chi connectivity index (χ3v) is 3.54. The minimum Gasteiger partial charge on any atom is -0.360 e. The van der Waals surface area contributed by atoms with Gasteiger partial charge >= 0.3 is 0 Å². The average Bonchev–Trinajstić information content (AvgIpc) is 2.83. The number of hydrogen-bond donors (Lipinski definition) is 1. The quantitative estimate of drug-likeness (QED) is 0.681. The van der Waals surface area contributed by atoms with Crippen LogP contribution in [0.25, 0.3) is 10.9 Å². The maximum atomic E-state index is 12.5. The first-order valence-corrected chi connectivity index (χ1v) is 6.48. The molecule has 1 N–H and O–H groups in total. The van der Waals surface area contributed by atoms with Crippen molar-refractivity contribution in [2.75, 3.05) is 0 Å². The minimum absolute atomic E-state index is 0.0955. The number of nitrogens with one attached hydrogen (secondary N) is 1. The van der Waals surface area contributed by atoms with E-state index in [1.165, 1.54) is 0 Å². The van der Waals surface area contributed by atoms with Crippen LogP contribution < -0.4 is 0 Å². The van der Waals surface area contributed by atoms with Crippen LogP contribution in [-0.4, -0.2) is 10.8 Å². The normalized spacial score (nSPS) is 10.8. The third kappa shape index (κ3) is 2.14. The van der Waals surface area contributed by atoms with Gasteiger partial charge in [0.2, 0.25) is 0 Å². The highest BCUT2D eigenvalue weighted by molar-refractivity contribution is 6.37. The number of carbonyl (C=O) groups is 1. The van der Waals surface area contributed by atoms with Crippen LogP contribution in [0.2, 0.25) is 10.0 Å². The molecule has 3 aromatic rings. The highest BCUT2D eigenvalue weighted by Crippen LogP contribution is 2.28. The molecule has 0 amide bonds. The Morgan fingerprint density at radius 1 is 1.05 bits per heavy atom. The maximum absolute atomic E-state index is 12.5. The van der Waals surface area contributed by atoms with Crippen molar-refractivity contribution in [1.82, 2.24) is 4.98 Å². The second-order valence-corrected chi connectivity index (χ2v) is 5.05. The van der Waals surface area contributed by atoms with Gasteiger partial charge in [0.05, 0.1) is 5.02 Å². The van der Waals surface area contributed by atoms with E-state index in [4.69, 9.17) is 23.2 Å². The zero-order valence-electron chi connectivity index (χ0n) is 9.78. The predicted molar refractivity (Wildman–Crippen MR) is 78.2 cm³/mol. The third-order valence-electron chi connectivity index (χ3n) is 2.99. The molecular weight excluding hydrogens is 281 g/mol. The van der Waals surface area contributed by atoms with Crippen molar-refractivity contribution in [1.29, 1.82) is 0 Å². The fraction of sp³-hybridized carbons (Fsp3) is 0. The van der Waals surface area contributed by atoms with Crippen LogP contribution in [0.5, 0.6) is 0 Å². The molecule has 0 aliphatic rings. The van der Waals surface area contributed by atoms with Crippen LogP contribution in [0.1, 0.15) is 15.9 Å². The molecule has 0 unspecified atom stereocenters. The molecule has 0 aliphatic carbocycles. The van der Waals surface area contributed by atoms with E-state index in [9.17, 15) is 4.79 Å². The Kier molecular flexibility index (Phi) is 3.05. The van der Waals surface area contributed by atoms with Gasteiger partial charge in [-0.3, -0.25) is 4.79 Å². The first-order valence-electron chi connectivity index (χ1n) is 5.72. The number of fused-ring (bicyclic) bond motifs is 1. The molecule has 94 valence electrons. The largest absolute Gasteiger partial charge is 0.360 e. The second-order valence-electron chi connectivity index (χ2n) is 4.20. The molecule has 3 rings (SSSR count). The number of ketones is 1. The van der Waals surface area contributed by atoms with E-state index in [0.717, 1.165) is 10.9 Å². The molecule has 0 fully saturated rings. The zero-order valence-corrected chi connectivity index (χ0v) is 11.3. The molecular formula is C15H9Cl2NO. The van der Waals surface area contributed by atoms with E-state index in [-0.39, 0.29) is 5.78 Å². The van der Waals surface area contributed by atoms with E-state index in [2.05, 4.69) is 4.98 Å². The average molecular weight is 290 g/mol. The molecule has 0 saturated carbocycles. The topological polar surface area (TPSA) is 32.9 Å². The summed E-state index contributed by atoms with van der Waals surface area (Å²) in [4.78, 5) is 15.5. The molecule has 0 spiro atoms. The van der Waals surface area contributed by atoms with Gasteiger partial charge in [0.1, 0.15) is 0 Å². The van der Waals surface area contributed by atoms with Crippen molar-refractivity contribution >= 4 is 39.9 Å². The summed E-state index contributed by atoms with van der Waals surface area (Å²) in [6.45, 7) is 0. The second kappa shape index (κ2) is 4.72. The number of rotatable bonds is 2. The summed E-state index contributed by atoms with van der Waals surface area (Å²) in [5.74, 6) is -0.0955. The van der Waals surface area contributed by atoms with Gasteiger partial charge in [0.15, 0.2) is 5.78 Å².